The fourth-order valence-electron chi connectivity index (χ4n) is 3.22. The second kappa shape index (κ2) is 12.0. The SMILES string of the molecule is CC(C)C[C@@H](C(=O)N[C@H](CO)Cc1ccccc1)[C@H](CN(C)S(C)(=O)=O)C(=O)NO. The van der Waals surface area contributed by atoms with E-state index < -0.39 is 39.7 Å². The van der Waals surface area contributed by atoms with E-state index in [9.17, 15) is 23.1 Å². The number of nitrogens with one attached hydrogen (secondary N) is 2. The summed E-state index contributed by atoms with van der Waals surface area (Å²) in [6.07, 6.45) is 1.70. The van der Waals surface area contributed by atoms with Crippen LogP contribution in [0.4, 0.5) is 0 Å². The van der Waals surface area contributed by atoms with Gasteiger partial charge in [-0.15, -0.1) is 0 Å². The van der Waals surface area contributed by atoms with Gasteiger partial charge in [0.05, 0.1) is 30.7 Å². The van der Waals surface area contributed by atoms with Crippen LogP contribution in [0.1, 0.15) is 25.8 Å². The molecule has 0 saturated heterocycles. The summed E-state index contributed by atoms with van der Waals surface area (Å²) in [4.78, 5) is 25.4. The minimum absolute atomic E-state index is 0.0278. The Labute approximate surface area is 178 Å². The van der Waals surface area contributed by atoms with Crippen LogP contribution in [-0.2, 0) is 26.0 Å². The van der Waals surface area contributed by atoms with Gasteiger partial charge in [-0.25, -0.2) is 18.2 Å². The van der Waals surface area contributed by atoms with E-state index in [0.717, 1.165) is 16.1 Å². The van der Waals surface area contributed by atoms with Crippen LogP contribution in [0.2, 0.25) is 0 Å². The Hall–Kier alpha value is -2.01. The molecule has 170 valence electrons. The molecule has 10 heteroatoms. The minimum Gasteiger partial charge on any atom is -0.394 e. The number of nitrogens with zero attached hydrogens (tertiary/aromatic N) is 1. The zero-order valence-corrected chi connectivity index (χ0v) is 18.7. The summed E-state index contributed by atoms with van der Waals surface area (Å²) in [5.74, 6) is -3.29. The van der Waals surface area contributed by atoms with Gasteiger partial charge in [-0.05, 0) is 24.3 Å². The quantitative estimate of drug-likeness (QED) is 0.272. The maximum absolute atomic E-state index is 13.1. The Morgan fingerprint density at radius 1 is 1.10 bits per heavy atom. The van der Waals surface area contributed by atoms with Gasteiger partial charge in [0, 0.05) is 13.6 Å². The molecule has 1 rings (SSSR count). The van der Waals surface area contributed by atoms with Crippen molar-refractivity contribution in [2.75, 3.05) is 26.5 Å². The van der Waals surface area contributed by atoms with Crippen LogP contribution in [0.15, 0.2) is 30.3 Å². The van der Waals surface area contributed by atoms with Gasteiger partial charge >= 0.3 is 0 Å². The standard InChI is InChI=1S/C20H33N3O6S/c1-14(2)10-17(18(20(26)22-27)12-23(3)30(4,28)29)19(25)21-16(13-24)11-15-8-6-5-7-9-15/h5-9,14,16-18,24,27H,10-13H2,1-4H3,(H,21,25)(H,22,26)/t16-,17+,18-/m0/s1. The molecule has 0 radical (unpaired) electrons. The first-order chi connectivity index (χ1) is 14.0. The zero-order valence-electron chi connectivity index (χ0n) is 17.9. The van der Waals surface area contributed by atoms with Gasteiger partial charge in [0.1, 0.15) is 0 Å². The maximum Gasteiger partial charge on any atom is 0.248 e. The highest BCUT2D eigenvalue weighted by Crippen LogP contribution is 2.24. The lowest BCUT2D eigenvalue weighted by atomic mass is 9.83. The molecule has 0 aliphatic carbocycles. The predicted molar refractivity (Wildman–Crippen MR) is 113 cm³/mol. The lowest BCUT2D eigenvalue weighted by Gasteiger charge is -2.30. The van der Waals surface area contributed by atoms with Crippen molar-refractivity contribution in [3.05, 3.63) is 35.9 Å². The summed E-state index contributed by atoms with van der Waals surface area (Å²) in [5, 5.41) is 21.7. The van der Waals surface area contributed by atoms with Gasteiger partial charge in [0.25, 0.3) is 0 Å². The number of hydrogen-bond acceptors (Lipinski definition) is 6. The molecule has 9 nitrogen and oxygen atoms in total. The van der Waals surface area contributed by atoms with Crippen LogP contribution < -0.4 is 10.8 Å². The summed E-state index contributed by atoms with van der Waals surface area (Å²) in [6.45, 7) is 3.19. The molecular weight excluding hydrogens is 410 g/mol. The van der Waals surface area contributed by atoms with Crippen LogP contribution in [0.25, 0.3) is 0 Å². The van der Waals surface area contributed by atoms with Crippen molar-refractivity contribution in [2.24, 2.45) is 17.8 Å². The summed E-state index contributed by atoms with van der Waals surface area (Å²) in [5.41, 5.74) is 2.48. The van der Waals surface area contributed by atoms with E-state index in [4.69, 9.17) is 5.21 Å². The first-order valence-electron chi connectivity index (χ1n) is 9.80. The molecule has 0 aromatic heterocycles. The van der Waals surface area contributed by atoms with Gasteiger partial charge in [-0.1, -0.05) is 44.2 Å². The van der Waals surface area contributed by atoms with E-state index in [0.29, 0.717) is 12.8 Å². The molecule has 0 saturated carbocycles. The van der Waals surface area contributed by atoms with E-state index in [1.807, 2.05) is 44.2 Å². The van der Waals surface area contributed by atoms with Crippen molar-refractivity contribution in [3.63, 3.8) is 0 Å². The number of rotatable bonds is 12. The van der Waals surface area contributed by atoms with Crippen molar-refractivity contribution in [3.8, 4) is 0 Å². The molecule has 0 fully saturated rings. The Balaban J connectivity index is 3.09. The molecule has 1 aromatic carbocycles. The average molecular weight is 444 g/mol. The van der Waals surface area contributed by atoms with Crippen LogP contribution >= 0.6 is 0 Å². The molecule has 0 heterocycles. The van der Waals surface area contributed by atoms with Crippen LogP contribution in [0.3, 0.4) is 0 Å². The van der Waals surface area contributed by atoms with E-state index in [1.165, 1.54) is 7.05 Å². The van der Waals surface area contributed by atoms with Crippen molar-refractivity contribution < 1.29 is 28.3 Å². The summed E-state index contributed by atoms with van der Waals surface area (Å²) in [7, 11) is -2.29. The molecule has 0 unspecified atom stereocenters. The third-order valence-electron chi connectivity index (χ3n) is 4.91. The fourth-order valence-corrected chi connectivity index (χ4v) is 3.65. The van der Waals surface area contributed by atoms with E-state index >= 15 is 0 Å². The second-order valence-corrected chi connectivity index (χ2v) is 10.0. The van der Waals surface area contributed by atoms with Crippen molar-refractivity contribution >= 4 is 21.8 Å². The third-order valence-corrected chi connectivity index (χ3v) is 6.19. The lowest BCUT2D eigenvalue weighted by Crippen LogP contribution is -2.50. The number of amides is 2. The Morgan fingerprint density at radius 2 is 1.70 bits per heavy atom. The Kier molecular flexibility index (Phi) is 10.4. The molecule has 0 aliphatic heterocycles. The zero-order chi connectivity index (χ0) is 22.9. The van der Waals surface area contributed by atoms with Crippen LogP contribution in [0.5, 0.6) is 0 Å². The molecule has 30 heavy (non-hydrogen) atoms. The van der Waals surface area contributed by atoms with Gasteiger partial charge < -0.3 is 10.4 Å². The third kappa shape index (κ3) is 8.39. The fraction of sp³-hybridized carbons (Fsp3) is 0.600. The number of carbonyl (C=O) groups excluding carboxylic acids is 2. The number of benzene rings is 1. The Morgan fingerprint density at radius 3 is 2.17 bits per heavy atom. The highest BCUT2D eigenvalue weighted by molar-refractivity contribution is 7.88. The first-order valence-corrected chi connectivity index (χ1v) is 11.6. The van der Waals surface area contributed by atoms with Gasteiger partial charge in [-0.2, -0.15) is 0 Å². The largest absolute Gasteiger partial charge is 0.394 e. The van der Waals surface area contributed by atoms with Crippen LogP contribution in [-0.4, -0.2) is 67.3 Å². The number of hydroxylamine groups is 1. The number of sulfonamides is 1. The van der Waals surface area contributed by atoms with E-state index in [2.05, 4.69) is 5.32 Å². The normalized spacial score (nSPS) is 14.9. The van der Waals surface area contributed by atoms with E-state index in [-0.39, 0.29) is 19.1 Å². The molecule has 0 aliphatic rings. The predicted octanol–water partition coefficient (Wildman–Crippen LogP) is 0.382. The molecule has 1 aromatic rings. The van der Waals surface area contributed by atoms with Crippen molar-refractivity contribution in [1.29, 1.82) is 0 Å². The monoisotopic (exact) mass is 443 g/mol. The lowest BCUT2D eigenvalue weighted by molar-refractivity contribution is -0.141. The summed E-state index contributed by atoms with van der Waals surface area (Å²) in [6, 6.07) is 8.77. The number of aliphatic hydroxyl groups excluding tert-OH is 1. The van der Waals surface area contributed by atoms with Gasteiger partial charge in [0.15, 0.2) is 0 Å². The molecule has 3 atom stereocenters. The summed E-state index contributed by atoms with van der Waals surface area (Å²) < 4.78 is 24.6. The molecular formula is C20H33N3O6S. The van der Waals surface area contributed by atoms with E-state index in [1.54, 1.807) is 5.48 Å². The molecule has 0 spiro atoms. The number of hydrogen-bond donors (Lipinski definition) is 4. The minimum atomic E-state index is -3.60. The number of carbonyl (C=O) groups is 2. The van der Waals surface area contributed by atoms with Crippen molar-refractivity contribution in [2.45, 2.75) is 32.7 Å². The molecule has 0 bridgehead atoms. The van der Waals surface area contributed by atoms with Crippen LogP contribution in [0, 0.1) is 17.8 Å². The van der Waals surface area contributed by atoms with Gasteiger partial charge in [0.2, 0.25) is 21.8 Å². The Bertz CT molecular complexity index is 785. The second-order valence-electron chi connectivity index (χ2n) is 7.94. The maximum atomic E-state index is 13.1. The van der Waals surface area contributed by atoms with Crippen molar-refractivity contribution in [1.82, 2.24) is 15.1 Å². The topological polar surface area (TPSA) is 136 Å². The average Bonchev–Trinajstić information content (AvgIpc) is 2.68. The summed E-state index contributed by atoms with van der Waals surface area (Å²) >= 11 is 0. The van der Waals surface area contributed by atoms with Gasteiger partial charge in [-0.3, -0.25) is 14.8 Å². The highest BCUT2D eigenvalue weighted by Gasteiger charge is 2.37. The highest BCUT2D eigenvalue weighted by atomic mass is 32.2. The number of aliphatic hydroxyl groups is 1. The first kappa shape index (κ1) is 26.0. The molecule has 2 amide bonds. The smallest absolute Gasteiger partial charge is 0.248 e. The molecule has 4 N–H and O–H groups in total.